The number of hydrogen-bond donors (Lipinski definition) is 0. The quantitative estimate of drug-likeness (QED) is 0.656. The van der Waals surface area contributed by atoms with Gasteiger partial charge in [-0.25, -0.2) is 4.39 Å². The van der Waals surface area contributed by atoms with Crippen LogP contribution in [0.25, 0.3) is 10.9 Å². The average Bonchev–Trinajstić information content (AvgIpc) is 2.43. The fraction of sp³-hybridized carbons (Fsp3) is 0.250. The van der Waals surface area contributed by atoms with Gasteiger partial charge in [0, 0.05) is 23.6 Å². The number of aromatic nitrogens is 1. The Morgan fingerprint density at radius 1 is 1.33 bits per heavy atom. The van der Waals surface area contributed by atoms with Crippen LogP contribution in [0.1, 0.15) is 21.6 Å². The Balaban J connectivity index is 2.93. The Bertz CT molecular complexity index is 554. The van der Waals surface area contributed by atoms with Gasteiger partial charge in [-0.05, 0) is 31.5 Å². The molecule has 2 aromatic rings. The van der Waals surface area contributed by atoms with Crippen LogP contribution in [0, 0.1) is 19.7 Å². The highest BCUT2D eigenvalue weighted by Crippen LogP contribution is 2.26. The summed E-state index contributed by atoms with van der Waals surface area (Å²) in [4.78, 5) is 10.6. The van der Waals surface area contributed by atoms with E-state index in [1.807, 2.05) is 25.5 Å². The highest BCUT2D eigenvalue weighted by molar-refractivity contribution is 5.90. The molecule has 78 valence electrons. The zero-order valence-electron chi connectivity index (χ0n) is 8.97. The normalized spacial score (nSPS) is 10.9. The number of carbonyl (C=O) groups is 1. The standard InChI is InChI=1S/C12H12FNO/c1-7-8(2)14(3)12-4-9(6-15)11(13)5-10(7)12/h4-6H,1-3H3. The second-order valence-corrected chi connectivity index (χ2v) is 3.78. The van der Waals surface area contributed by atoms with Crippen LogP contribution in [-0.4, -0.2) is 10.9 Å². The minimum absolute atomic E-state index is 0.114. The number of carbonyl (C=O) groups excluding carboxylic acids is 1. The predicted octanol–water partition coefficient (Wildman–Crippen LogP) is 2.75. The maximum atomic E-state index is 13.4. The predicted molar refractivity (Wildman–Crippen MR) is 57.7 cm³/mol. The number of benzene rings is 1. The van der Waals surface area contributed by atoms with Crippen molar-refractivity contribution in [3.8, 4) is 0 Å². The van der Waals surface area contributed by atoms with E-state index >= 15 is 0 Å². The Hall–Kier alpha value is -1.64. The van der Waals surface area contributed by atoms with E-state index in [-0.39, 0.29) is 5.56 Å². The summed E-state index contributed by atoms with van der Waals surface area (Å²) < 4.78 is 15.4. The van der Waals surface area contributed by atoms with E-state index in [0.717, 1.165) is 22.2 Å². The first-order valence-electron chi connectivity index (χ1n) is 4.76. The molecule has 3 heteroatoms. The number of halogens is 1. The molecular weight excluding hydrogens is 193 g/mol. The lowest BCUT2D eigenvalue weighted by Crippen LogP contribution is -1.92. The minimum atomic E-state index is -0.453. The molecule has 2 rings (SSSR count). The molecule has 0 saturated carbocycles. The van der Waals surface area contributed by atoms with Crippen molar-refractivity contribution in [2.24, 2.45) is 7.05 Å². The van der Waals surface area contributed by atoms with Gasteiger partial charge in [0.1, 0.15) is 5.82 Å². The van der Waals surface area contributed by atoms with Crippen LogP contribution in [0.4, 0.5) is 4.39 Å². The topological polar surface area (TPSA) is 22.0 Å². The van der Waals surface area contributed by atoms with Crippen LogP contribution in [0.3, 0.4) is 0 Å². The molecule has 0 N–H and O–H groups in total. The third kappa shape index (κ3) is 1.27. The van der Waals surface area contributed by atoms with Gasteiger partial charge in [0.05, 0.1) is 5.56 Å². The molecule has 0 fully saturated rings. The molecule has 1 heterocycles. The highest BCUT2D eigenvalue weighted by atomic mass is 19.1. The molecule has 0 atom stereocenters. The summed E-state index contributed by atoms with van der Waals surface area (Å²) in [6.07, 6.45) is 0.548. The van der Waals surface area contributed by atoms with Gasteiger partial charge in [0.15, 0.2) is 6.29 Å². The Kier molecular flexibility index (Phi) is 2.11. The van der Waals surface area contributed by atoms with Crippen molar-refractivity contribution in [3.05, 3.63) is 34.8 Å². The molecule has 0 bridgehead atoms. The highest BCUT2D eigenvalue weighted by Gasteiger charge is 2.11. The maximum absolute atomic E-state index is 13.4. The first-order valence-corrected chi connectivity index (χ1v) is 4.76. The fourth-order valence-corrected chi connectivity index (χ4v) is 1.87. The van der Waals surface area contributed by atoms with Crippen LogP contribution in [-0.2, 0) is 7.05 Å². The van der Waals surface area contributed by atoms with E-state index in [9.17, 15) is 9.18 Å². The smallest absolute Gasteiger partial charge is 0.153 e. The fourth-order valence-electron chi connectivity index (χ4n) is 1.87. The number of nitrogens with zero attached hydrogens (tertiary/aromatic N) is 1. The summed E-state index contributed by atoms with van der Waals surface area (Å²) >= 11 is 0. The van der Waals surface area contributed by atoms with E-state index in [2.05, 4.69) is 0 Å². The molecule has 0 radical (unpaired) electrons. The Morgan fingerprint density at radius 2 is 2.00 bits per heavy atom. The summed E-state index contributed by atoms with van der Waals surface area (Å²) in [6.45, 7) is 3.94. The summed E-state index contributed by atoms with van der Waals surface area (Å²) in [5, 5.41) is 0.873. The molecule has 15 heavy (non-hydrogen) atoms. The van der Waals surface area contributed by atoms with Gasteiger partial charge >= 0.3 is 0 Å². The minimum Gasteiger partial charge on any atom is -0.348 e. The average molecular weight is 205 g/mol. The summed E-state index contributed by atoms with van der Waals surface area (Å²) in [5.74, 6) is -0.453. The monoisotopic (exact) mass is 205 g/mol. The van der Waals surface area contributed by atoms with E-state index < -0.39 is 5.82 Å². The van der Waals surface area contributed by atoms with E-state index in [1.165, 1.54) is 6.07 Å². The largest absolute Gasteiger partial charge is 0.348 e. The Morgan fingerprint density at radius 3 is 2.60 bits per heavy atom. The third-order valence-corrected chi connectivity index (χ3v) is 3.05. The van der Waals surface area contributed by atoms with Crippen molar-refractivity contribution in [1.29, 1.82) is 0 Å². The first kappa shape index (κ1) is 9.90. The lowest BCUT2D eigenvalue weighted by atomic mass is 10.1. The number of fused-ring (bicyclic) bond motifs is 1. The molecule has 0 aliphatic carbocycles. The zero-order chi connectivity index (χ0) is 11.2. The zero-order valence-corrected chi connectivity index (χ0v) is 8.97. The van der Waals surface area contributed by atoms with Crippen molar-refractivity contribution in [2.75, 3.05) is 0 Å². The number of aldehydes is 1. The van der Waals surface area contributed by atoms with Crippen LogP contribution in [0.2, 0.25) is 0 Å². The van der Waals surface area contributed by atoms with Gasteiger partial charge < -0.3 is 4.57 Å². The molecule has 1 aromatic carbocycles. The molecule has 0 spiro atoms. The molecular formula is C12H12FNO. The second kappa shape index (κ2) is 3.19. The van der Waals surface area contributed by atoms with Gasteiger partial charge in [-0.3, -0.25) is 4.79 Å². The number of rotatable bonds is 1. The molecule has 0 amide bonds. The van der Waals surface area contributed by atoms with E-state index in [4.69, 9.17) is 0 Å². The summed E-state index contributed by atoms with van der Waals surface area (Å²) in [6, 6.07) is 3.03. The van der Waals surface area contributed by atoms with Crippen LogP contribution < -0.4 is 0 Å². The van der Waals surface area contributed by atoms with Crippen molar-refractivity contribution in [1.82, 2.24) is 4.57 Å². The summed E-state index contributed by atoms with van der Waals surface area (Å²) in [5.41, 5.74) is 3.16. The second-order valence-electron chi connectivity index (χ2n) is 3.78. The van der Waals surface area contributed by atoms with Gasteiger partial charge in [0.2, 0.25) is 0 Å². The van der Waals surface area contributed by atoms with Crippen LogP contribution >= 0.6 is 0 Å². The van der Waals surface area contributed by atoms with Crippen molar-refractivity contribution in [2.45, 2.75) is 13.8 Å². The first-order chi connectivity index (χ1) is 7.06. The lowest BCUT2D eigenvalue weighted by Gasteiger charge is -2.00. The Labute approximate surface area is 87.3 Å². The molecule has 0 saturated heterocycles. The molecule has 0 aliphatic heterocycles. The van der Waals surface area contributed by atoms with Gasteiger partial charge in [0.25, 0.3) is 0 Å². The van der Waals surface area contributed by atoms with Crippen LogP contribution in [0.15, 0.2) is 12.1 Å². The van der Waals surface area contributed by atoms with Crippen molar-refractivity contribution < 1.29 is 9.18 Å². The van der Waals surface area contributed by atoms with Crippen molar-refractivity contribution >= 4 is 17.2 Å². The SMILES string of the molecule is Cc1c(C)n(C)c2cc(C=O)c(F)cc12. The number of hydrogen-bond acceptors (Lipinski definition) is 1. The maximum Gasteiger partial charge on any atom is 0.153 e. The van der Waals surface area contributed by atoms with Gasteiger partial charge in [-0.2, -0.15) is 0 Å². The van der Waals surface area contributed by atoms with Crippen molar-refractivity contribution in [3.63, 3.8) is 0 Å². The molecule has 0 aliphatic rings. The molecule has 0 unspecified atom stereocenters. The molecule has 1 aromatic heterocycles. The third-order valence-electron chi connectivity index (χ3n) is 3.05. The summed E-state index contributed by atoms with van der Waals surface area (Å²) in [7, 11) is 1.91. The van der Waals surface area contributed by atoms with E-state index in [0.29, 0.717) is 6.29 Å². The number of aryl methyl sites for hydroxylation is 2. The molecule has 2 nitrogen and oxygen atoms in total. The van der Waals surface area contributed by atoms with Gasteiger partial charge in [-0.1, -0.05) is 0 Å². The lowest BCUT2D eigenvalue weighted by molar-refractivity contribution is 0.112. The van der Waals surface area contributed by atoms with E-state index in [1.54, 1.807) is 6.07 Å². The van der Waals surface area contributed by atoms with Gasteiger partial charge in [-0.15, -0.1) is 0 Å². The van der Waals surface area contributed by atoms with Crippen LogP contribution in [0.5, 0.6) is 0 Å².